The number of carbonyl (C=O) groups excluding carboxylic acids is 2. The van der Waals surface area contributed by atoms with Crippen LogP contribution in [0.4, 0.5) is 17.7 Å². The second kappa shape index (κ2) is 9.01. The van der Waals surface area contributed by atoms with Crippen LogP contribution in [-0.4, -0.2) is 55.1 Å². The van der Waals surface area contributed by atoms with Crippen molar-refractivity contribution in [1.82, 2.24) is 29.2 Å². The van der Waals surface area contributed by atoms with Gasteiger partial charge in [0, 0.05) is 25.9 Å². The van der Waals surface area contributed by atoms with E-state index in [1.54, 1.807) is 9.03 Å². The molecule has 2 saturated carbocycles. The topological polar surface area (TPSA) is 122 Å². The van der Waals surface area contributed by atoms with Gasteiger partial charge in [0.05, 0.1) is 0 Å². The first-order chi connectivity index (χ1) is 16.4. The van der Waals surface area contributed by atoms with Crippen molar-refractivity contribution in [1.29, 1.82) is 0 Å². The van der Waals surface area contributed by atoms with Crippen molar-refractivity contribution in [3.05, 3.63) is 41.0 Å². The van der Waals surface area contributed by atoms with Gasteiger partial charge in [-0.25, -0.2) is 4.52 Å². The fourth-order valence-corrected chi connectivity index (χ4v) is 3.74. The highest BCUT2D eigenvalue weighted by Crippen LogP contribution is 2.30. The van der Waals surface area contributed by atoms with Crippen LogP contribution < -0.4 is 15.5 Å². The summed E-state index contributed by atoms with van der Waals surface area (Å²) in [5.41, 5.74) is 1.44. The van der Waals surface area contributed by atoms with E-state index in [9.17, 15) is 9.59 Å². The second-order valence-corrected chi connectivity index (χ2v) is 9.38. The highest BCUT2D eigenvalue weighted by molar-refractivity contribution is 9.10. The largest absolute Gasteiger partial charge is 0.363 e. The SMILES string of the molecule is CN(C)c1cccc2nc(NC(=O)C3CC3)nn12.O=C(Nc1nc2cccc(Br)n2n1)C1CC1. The zero-order valence-corrected chi connectivity index (χ0v) is 20.4. The number of halogens is 1. The number of aromatic nitrogens is 6. The number of pyridine rings is 2. The molecule has 0 aromatic carbocycles. The molecule has 12 heteroatoms. The molecule has 34 heavy (non-hydrogen) atoms. The Kier molecular flexibility index (Phi) is 5.90. The Balaban J connectivity index is 0.000000142. The quantitative estimate of drug-likeness (QED) is 0.384. The van der Waals surface area contributed by atoms with Gasteiger partial charge >= 0.3 is 0 Å². The van der Waals surface area contributed by atoms with Crippen molar-refractivity contribution < 1.29 is 9.59 Å². The molecule has 0 aliphatic heterocycles. The molecule has 2 aliphatic carbocycles. The molecule has 176 valence electrons. The standard InChI is InChI=1S/C12H15N5O.C10H9BrN4O/c1-16(2)10-5-3-4-9-13-12(15-17(9)10)14-11(18)8-6-7-8;11-7-2-1-3-8-12-10(14-15(7)8)13-9(16)6-4-5-6/h3-5,8H,6-7H2,1-2H3,(H,14,15,18);1-3,6H,4-5H2,(H,13,14,16). The molecule has 0 unspecified atom stereocenters. The number of hydrogen-bond acceptors (Lipinski definition) is 7. The van der Waals surface area contributed by atoms with Gasteiger partial charge in [-0.2, -0.15) is 14.5 Å². The van der Waals surface area contributed by atoms with Crippen LogP contribution in [0.3, 0.4) is 0 Å². The van der Waals surface area contributed by atoms with Crippen molar-refractivity contribution in [2.24, 2.45) is 11.8 Å². The molecule has 6 rings (SSSR count). The number of hydrogen-bond donors (Lipinski definition) is 2. The van der Waals surface area contributed by atoms with E-state index in [0.29, 0.717) is 17.5 Å². The Morgan fingerprint density at radius 2 is 1.35 bits per heavy atom. The van der Waals surface area contributed by atoms with Gasteiger partial charge in [0.25, 0.3) is 0 Å². The molecule has 0 atom stereocenters. The van der Waals surface area contributed by atoms with Crippen molar-refractivity contribution in [2.45, 2.75) is 25.7 Å². The van der Waals surface area contributed by atoms with Gasteiger partial charge in [0.2, 0.25) is 23.7 Å². The summed E-state index contributed by atoms with van der Waals surface area (Å²) in [5.74, 6) is 2.03. The van der Waals surface area contributed by atoms with Crippen LogP contribution >= 0.6 is 15.9 Å². The highest BCUT2D eigenvalue weighted by atomic mass is 79.9. The van der Waals surface area contributed by atoms with E-state index in [2.05, 4.69) is 46.7 Å². The zero-order chi connectivity index (χ0) is 23.8. The molecule has 0 bridgehead atoms. The summed E-state index contributed by atoms with van der Waals surface area (Å²) in [6.45, 7) is 0. The summed E-state index contributed by atoms with van der Waals surface area (Å²) in [6.07, 6.45) is 3.90. The third-order valence-electron chi connectivity index (χ3n) is 5.48. The van der Waals surface area contributed by atoms with Crippen molar-refractivity contribution in [2.75, 3.05) is 29.6 Å². The number of anilines is 3. The first-order valence-electron chi connectivity index (χ1n) is 11.0. The van der Waals surface area contributed by atoms with Gasteiger partial charge in [-0.1, -0.05) is 12.1 Å². The average Bonchev–Trinajstić information content (AvgIpc) is 3.73. The Morgan fingerprint density at radius 1 is 0.853 bits per heavy atom. The minimum atomic E-state index is 0.0204. The Labute approximate surface area is 203 Å². The first kappa shape index (κ1) is 22.3. The number of fused-ring (bicyclic) bond motifs is 2. The van der Waals surface area contributed by atoms with E-state index in [-0.39, 0.29) is 23.7 Å². The minimum absolute atomic E-state index is 0.0204. The smallest absolute Gasteiger partial charge is 0.249 e. The lowest BCUT2D eigenvalue weighted by Crippen LogP contribution is -2.15. The predicted octanol–water partition coefficient (Wildman–Crippen LogP) is 2.98. The van der Waals surface area contributed by atoms with Crippen LogP contribution in [0.5, 0.6) is 0 Å². The summed E-state index contributed by atoms with van der Waals surface area (Å²) < 4.78 is 4.18. The number of nitrogens with zero attached hydrogens (tertiary/aromatic N) is 7. The van der Waals surface area contributed by atoms with E-state index in [0.717, 1.165) is 41.8 Å². The van der Waals surface area contributed by atoms with E-state index in [1.165, 1.54) is 0 Å². The molecule has 4 heterocycles. The fraction of sp³-hybridized carbons (Fsp3) is 0.364. The van der Waals surface area contributed by atoms with Gasteiger partial charge < -0.3 is 4.90 Å². The van der Waals surface area contributed by atoms with E-state index < -0.39 is 0 Å². The molecule has 11 nitrogen and oxygen atoms in total. The summed E-state index contributed by atoms with van der Waals surface area (Å²) in [6, 6.07) is 11.3. The number of rotatable bonds is 5. The van der Waals surface area contributed by atoms with Gasteiger partial charge in [-0.3, -0.25) is 20.2 Å². The molecule has 2 fully saturated rings. The number of amides is 2. The van der Waals surface area contributed by atoms with Crippen LogP contribution in [0.2, 0.25) is 0 Å². The Hall–Kier alpha value is -3.54. The van der Waals surface area contributed by atoms with Crippen LogP contribution in [0.15, 0.2) is 41.0 Å². The normalized spacial score (nSPS) is 15.0. The van der Waals surface area contributed by atoms with Crippen LogP contribution in [0.1, 0.15) is 25.7 Å². The summed E-state index contributed by atoms with van der Waals surface area (Å²) in [7, 11) is 3.89. The number of carbonyl (C=O) groups is 2. The first-order valence-corrected chi connectivity index (χ1v) is 11.8. The van der Waals surface area contributed by atoms with Crippen LogP contribution in [0.25, 0.3) is 11.3 Å². The summed E-state index contributed by atoms with van der Waals surface area (Å²) in [5, 5.41) is 14.0. The predicted molar refractivity (Wildman–Crippen MR) is 131 cm³/mol. The van der Waals surface area contributed by atoms with Gasteiger partial charge in [-0.05, 0) is 65.9 Å². The average molecular weight is 526 g/mol. The minimum Gasteiger partial charge on any atom is -0.363 e. The molecule has 4 aromatic heterocycles. The molecule has 2 N–H and O–H groups in total. The Bertz CT molecular complexity index is 1370. The van der Waals surface area contributed by atoms with Gasteiger partial charge in [0.1, 0.15) is 10.4 Å². The molecule has 2 amide bonds. The molecule has 0 spiro atoms. The van der Waals surface area contributed by atoms with Gasteiger partial charge in [0.15, 0.2) is 11.3 Å². The van der Waals surface area contributed by atoms with E-state index in [1.807, 2.05) is 55.4 Å². The lowest BCUT2D eigenvalue weighted by molar-refractivity contribution is -0.118. The summed E-state index contributed by atoms with van der Waals surface area (Å²) in [4.78, 5) is 33.6. The lowest BCUT2D eigenvalue weighted by atomic mass is 10.4. The summed E-state index contributed by atoms with van der Waals surface area (Å²) >= 11 is 3.37. The Morgan fingerprint density at radius 3 is 1.85 bits per heavy atom. The van der Waals surface area contributed by atoms with Crippen LogP contribution in [0, 0.1) is 11.8 Å². The third-order valence-corrected chi connectivity index (χ3v) is 6.08. The molecular formula is C22H24BrN9O2. The maximum atomic E-state index is 11.7. The lowest BCUT2D eigenvalue weighted by Gasteiger charge is -2.12. The maximum Gasteiger partial charge on any atom is 0.249 e. The van der Waals surface area contributed by atoms with E-state index in [4.69, 9.17) is 0 Å². The fourth-order valence-electron chi connectivity index (χ4n) is 3.32. The monoisotopic (exact) mass is 525 g/mol. The van der Waals surface area contributed by atoms with Crippen molar-refractivity contribution >= 4 is 56.8 Å². The van der Waals surface area contributed by atoms with Crippen molar-refractivity contribution in [3.63, 3.8) is 0 Å². The third kappa shape index (κ3) is 4.86. The molecule has 0 saturated heterocycles. The maximum absolute atomic E-state index is 11.7. The molecule has 0 radical (unpaired) electrons. The van der Waals surface area contributed by atoms with Crippen molar-refractivity contribution in [3.8, 4) is 0 Å². The molecular weight excluding hydrogens is 502 g/mol. The second-order valence-electron chi connectivity index (χ2n) is 8.56. The highest BCUT2D eigenvalue weighted by Gasteiger charge is 2.31. The molecule has 4 aromatic rings. The van der Waals surface area contributed by atoms with E-state index >= 15 is 0 Å². The molecule has 2 aliphatic rings. The number of nitrogens with one attached hydrogen (secondary N) is 2. The van der Waals surface area contributed by atoms with Gasteiger partial charge in [-0.15, -0.1) is 10.2 Å². The van der Waals surface area contributed by atoms with Crippen LogP contribution in [-0.2, 0) is 9.59 Å². The zero-order valence-electron chi connectivity index (χ0n) is 18.8.